The summed E-state index contributed by atoms with van der Waals surface area (Å²) in [5.74, 6) is -0.146. The van der Waals surface area contributed by atoms with Gasteiger partial charge in [0.2, 0.25) is 0 Å². The molecule has 0 radical (unpaired) electrons. The van der Waals surface area contributed by atoms with E-state index in [0.29, 0.717) is 34.8 Å². The molecule has 0 spiro atoms. The van der Waals surface area contributed by atoms with Gasteiger partial charge in [0.05, 0.1) is 5.03 Å². The number of phenolic OH excluding ortho intramolecular Hbond substituents is 1. The van der Waals surface area contributed by atoms with Crippen LogP contribution in [-0.2, 0) is 0 Å². The minimum Gasteiger partial charge on any atom is -0.508 e. The number of nitrogens with zero attached hydrogens (tertiary/aromatic N) is 2. The van der Waals surface area contributed by atoms with Gasteiger partial charge in [0.15, 0.2) is 5.78 Å². The minimum atomic E-state index is -0.199. The van der Waals surface area contributed by atoms with Gasteiger partial charge < -0.3 is 14.9 Å². The van der Waals surface area contributed by atoms with Crippen LogP contribution in [0.5, 0.6) is 5.75 Å². The van der Waals surface area contributed by atoms with Crippen LogP contribution in [-0.4, -0.2) is 40.8 Å². The first-order valence-corrected chi connectivity index (χ1v) is 13.7. The van der Waals surface area contributed by atoms with E-state index in [2.05, 4.69) is 46.1 Å². The summed E-state index contributed by atoms with van der Waals surface area (Å²) >= 11 is 1.58. The quantitative estimate of drug-likeness (QED) is 0.322. The van der Waals surface area contributed by atoms with Crippen LogP contribution in [0.3, 0.4) is 0 Å². The van der Waals surface area contributed by atoms with Gasteiger partial charge in [-0.25, -0.2) is 0 Å². The van der Waals surface area contributed by atoms with Crippen molar-refractivity contribution in [3.05, 3.63) is 82.2 Å². The van der Waals surface area contributed by atoms with E-state index in [4.69, 9.17) is 0 Å². The zero-order valence-corrected chi connectivity index (χ0v) is 24.2. The van der Waals surface area contributed by atoms with E-state index < -0.39 is 0 Å². The van der Waals surface area contributed by atoms with Crippen LogP contribution in [0.4, 0.5) is 5.69 Å². The second kappa shape index (κ2) is 13.5. The lowest BCUT2D eigenvalue weighted by atomic mass is 10.0. The van der Waals surface area contributed by atoms with Gasteiger partial charge in [-0.1, -0.05) is 58.2 Å². The van der Waals surface area contributed by atoms with Gasteiger partial charge in [-0.05, 0) is 86.4 Å². The summed E-state index contributed by atoms with van der Waals surface area (Å²) in [6, 6.07) is 13.9. The number of carbonyl (C=O) groups is 2. The number of hydrogen-bond donors (Lipinski definition) is 1. The monoisotopic (exact) mass is 522 g/mol. The molecule has 5 nitrogen and oxygen atoms in total. The fraction of sp³-hybridized carbons (Fsp3) is 0.419. The van der Waals surface area contributed by atoms with Crippen molar-refractivity contribution in [2.75, 3.05) is 18.0 Å². The predicted molar refractivity (Wildman–Crippen MR) is 157 cm³/mol. The fourth-order valence-electron chi connectivity index (χ4n) is 3.48. The van der Waals surface area contributed by atoms with Crippen LogP contribution in [0.15, 0.2) is 71.1 Å². The standard InChI is InChI=1S/C26H30N2O3S.C5H12/c1-5-27(23-11-12-23)20(4)32-17-18(2)16-28(24-8-6-7-22(15-24)19(3)29)26(31)21-9-13-25(30)14-10-21;1-5(2,3)4/h6-10,13-15,17,23,30H,4-5,11-12,16H2,1-3H3;1-4H3/b18-17+;. The maximum atomic E-state index is 13.4. The van der Waals surface area contributed by atoms with E-state index >= 15 is 0 Å². The first-order valence-electron chi connectivity index (χ1n) is 12.8. The first kappa shape index (κ1) is 30.2. The molecule has 200 valence electrons. The number of Topliss-reactive ketones (excluding diaryl/α,β-unsaturated/α-hetero) is 1. The van der Waals surface area contributed by atoms with Gasteiger partial charge in [-0.15, -0.1) is 0 Å². The van der Waals surface area contributed by atoms with E-state index in [0.717, 1.165) is 17.1 Å². The number of hydrogen-bond acceptors (Lipinski definition) is 5. The van der Waals surface area contributed by atoms with E-state index in [9.17, 15) is 14.7 Å². The van der Waals surface area contributed by atoms with Crippen LogP contribution < -0.4 is 4.90 Å². The highest BCUT2D eigenvalue weighted by molar-refractivity contribution is 8.05. The normalized spacial score (nSPS) is 13.3. The molecule has 1 saturated carbocycles. The largest absolute Gasteiger partial charge is 0.508 e. The third-order valence-corrected chi connectivity index (χ3v) is 6.40. The number of amides is 1. The van der Waals surface area contributed by atoms with E-state index in [-0.39, 0.29) is 17.4 Å². The Morgan fingerprint density at radius 3 is 2.16 bits per heavy atom. The Labute approximate surface area is 227 Å². The van der Waals surface area contributed by atoms with Gasteiger partial charge in [0, 0.05) is 35.9 Å². The highest BCUT2D eigenvalue weighted by Crippen LogP contribution is 2.34. The second-order valence-electron chi connectivity index (χ2n) is 11.0. The van der Waals surface area contributed by atoms with Gasteiger partial charge in [-0.2, -0.15) is 0 Å². The lowest BCUT2D eigenvalue weighted by Gasteiger charge is -2.25. The van der Waals surface area contributed by atoms with E-state index in [1.165, 1.54) is 31.9 Å². The Hall–Kier alpha value is -2.99. The summed E-state index contributed by atoms with van der Waals surface area (Å²) in [6.45, 7) is 19.9. The smallest absolute Gasteiger partial charge is 0.258 e. The van der Waals surface area contributed by atoms with Crippen molar-refractivity contribution >= 4 is 29.1 Å². The zero-order chi connectivity index (χ0) is 27.8. The van der Waals surface area contributed by atoms with Crippen molar-refractivity contribution < 1.29 is 14.7 Å². The van der Waals surface area contributed by atoms with Crippen LogP contribution in [0.2, 0.25) is 0 Å². The van der Waals surface area contributed by atoms with Crippen molar-refractivity contribution in [3.8, 4) is 5.75 Å². The molecule has 0 saturated heterocycles. The molecule has 1 amide bonds. The third-order valence-electron chi connectivity index (χ3n) is 5.38. The van der Waals surface area contributed by atoms with Crippen molar-refractivity contribution in [1.82, 2.24) is 4.90 Å². The molecule has 2 aromatic carbocycles. The number of rotatable bonds is 10. The number of phenols is 1. The Kier molecular flexibility index (Phi) is 11.1. The fourth-order valence-corrected chi connectivity index (χ4v) is 4.31. The van der Waals surface area contributed by atoms with Crippen molar-refractivity contribution in [3.63, 3.8) is 0 Å². The van der Waals surface area contributed by atoms with Gasteiger partial charge >= 0.3 is 0 Å². The first-order chi connectivity index (χ1) is 17.3. The number of thioether (sulfide) groups is 1. The number of ketones is 1. The molecule has 0 atom stereocenters. The number of aromatic hydroxyl groups is 1. The van der Waals surface area contributed by atoms with Crippen LogP contribution in [0.25, 0.3) is 0 Å². The Bertz CT molecular complexity index is 1110. The van der Waals surface area contributed by atoms with Crippen molar-refractivity contribution in [1.29, 1.82) is 0 Å². The van der Waals surface area contributed by atoms with Gasteiger partial charge in [0.1, 0.15) is 5.75 Å². The molecular weight excluding hydrogens is 480 g/mol. The highest BCUT2D eigenvalue weighted by Gasteiger charge is 2.28. The summed E-state index contributed by atoms with van der Waals surface area (Å²) in [5, 5.41) is 12.6. The predicted octanol–water partition coefficient (Wildman–Crippen LogP) is 7.89. The molecule has 0 aromatic heterocycles. The highest BCUT2D eigenvalue weighted by atomic mass is 32.2. The number of anilines is 1. The number of benzene rings is 2. The maximum absolute atomic E-state index is 13.4. The topological polar surface area (TPSA) is 60.9 Å². The third kappa shape index (κ3) is 10.5. The molecule has 1 fully saturated rings. The molecule has 37 heavy (non-hydrogen) atoms. The van der Waals surface area contributed by atoms with Crippen LogP contribution in [0, 0.1) is 5.41 Å². The summed E-state index contributed by atoms with van der Waals surface area (Å²) < 4.78 is 0. The van der Waals surface area contributed by atoms with Gasteiger partial charge in [-0.3, -0.25) is 9.59 Å². The summed E-state index contributed by atoms with van der Waals surface area (Å²) in [4.78, 5) is 29.2. The molecule has 1 N–H and O–H groups in total. The van der Waals surface area contributed by atoms with E-state index in [1.807, 2.05) is 18.4 Å². The summed E-state index contributed by atoms with van der Waals surface area (Å²) in [5.41, 5.74) is 3.18. The Morgan fingerprint density at radius 1 is 1.05 bits per heavy atom. The van der Waals surface area contributed by atoms with Gasteiger partial charge in [0.25, 0.3) is 5.91 Å². The molecule has 1 aliphatic rings. The summed E-state index contributed by atoms with van der Waals surface area (Å²) in [7, 11) is 0. The SMILES string of the molecule is C=C(S/C=C(\C)CN(C(=O)c1ccc(O)cc1)c1cccc(C(C)=O)c1)N(CC)C1CC1.CC(C)(C)C. The second-order valence-corrected chi connectivity index (χ2v) is 12.0. The summed E-state index contributed by atoms with van der Waals surface area (Å²) in [6.07, 6.45) is 2.44. The average molecular weight is 523 g/mol. The zero-order valence-electron chi connectivity index (χ0n) is 23.4. The maximum Gasteiger partial charge on any atom is 0.258 e. The van der Waals surface area contributed by atoms with Crippen LogP contribution in [0.1, 0.15) is 82.0 Å². The van der Waals surface area contributed by atoms with E-state index in [1.54, 1.807) is 47.0 Å². The molecule has 2 aromatic rings. The molecule has 6 heteroatoms. The molecule has 0 heterocycles. The number of carbonyl (C=O) groups excluding carboxylic acids is 2. The molecular formula is C31H42N2O3S. The van der Waals surface area contributed by atoms with Crippen LogP contribution >= 0.6 is 11.8 Å². The molecule has 0 aliphatic heterocycles. The lowest BCUT2D eigenvalue weighted by molar-refractivity contribution is 0.0985. The Balaban J connectivity index is 0.000000877. The molecule has 3 rings (SSSR count). The van der Waals surface area contributed by atoms with Crippen molar-refractivity contribution in [2.45, 2.75) is 67.3 Å². The molecule has 1 aliphatic carbocycles. The lowest BCUT2D eigenvalue weighted by Crippen LogP contribution is -2.32. The molecule has 0 unspecified atom stereocenters. The molecule has 0 bridgehead atoms. The average Bonchev–Trinajstić information content (AvgIpc) is 3.66. The van der Waals surface area contributed by atoms with Crippen molar-refractivity contribution in [2.24, 2.45) is 5.41 Å². The Morgan fingerprint density at radius 2 is 1.65 bits per heavy atom. The minimum absolute atomic E-state index is 0.0530.